The molecule has 0 unspecified atom stereocenters. The van der Waals surface area contributed by atoms with Crippen molar-refractivity contribution in [2.24, 2.45) is 5.92 Å². The third-order valence-corrected chi connectivity index (χ3v) is 3.69. The molecule has 2 aliphatic rings. The van der Waals surface area contributed by atoms with Crippen molar-refractivity contribution in [2.75, 3.05) is 27.3 Å². The Balaban J connectivity index is 1.70. The third kappa shape index (κ3) is 3.63. The molecule has 1 saturated carbocycles. The van der Waals surface area contributed by atoms with Crippen molar-refractivity contribution < 1.29 is 4.79 Å². The van der Waals surface area contributed by atoms with Crippen LogP contribution in [-0.4, -0.2) is 49.2 Å². The monoisotopic (exact) mass is 252 g/mol. The molecule has 0 bridgehead atoms. The van der Waals surface area contributed by atoms with E-state index in [1.165, 1.54) is 19.4 Å². The normalized spacial score (nSPS) is 27.4. The van der Waals surface area contributed by atoms with E-state index in [2.05, 4.69) is 29.6 Å². The van der Waals surface area contributed by atoms with Crippen LogP contribution in [0.15, 0.2) is 12.4 Å². The minimum absolute atomic E-state index is 0.0207. The Labute approximate surface area is 109 Å². The van der Waals surface area contributed by atoms with E-state index in [1.807, 2.05) is 0 Å². The van der Waals surface area contributed by atoms with Gasteiger partial charge in [0.2, 0.25) is 0 Å². The molecule has 18 heavy (non-hydrogen) atoms. The van der Waals surface area contributed by atoms with E-state index in [9.17, 15) is 4.79 Å². The third-order valence-electron chi connectivity index (χ3n) is 3.69. The molecule has 2 rings (SSSR count). The van der Waals surface area contributed by atoms with E-state index >= 15 is 0 Å². The number of rotatable bonds is 3. The van der Waals surface area contributed by atoms with Crippen LogP contribution in [0.1, 0.15) is 25.7 Å². The first-order valence-corrected chi connectivity index (χ1v) is 6.77. The quantitative estimate of drug-likeness (QED) is 0.792. The summed E-state index contributed by atoms with van der Waals surface area (Å²) >= 11 is 0. The molecule has 0 aromatic rings. The van der Waals surface area contributed by atoms with Crippen LogP contribution in [0.2, 0.25) is 0 Å². The Kier molecular flexibility index (Phi) is 4.47. The van der Waals surface area contributed by atoms with Gasteiger partial charge in [-0.3, -0.25) is 4.90 Å². The summed E-state index contributed by atoms with van der Waals surface area (Å²) in [6, 6.07) is 0.372. The van der Waals surface area contributed by atoms with Crippen molar-refractivity contribution in [1.82, 2.24) is 20.4 Å². The molecule has 0 saturated heterocycles. The van der Waals surface area contributed by atoms with Crippen molar-refractivity contribution in [3.05, 3.63) is 12.4 Å². The second-order valence-corrected chi connectivity index (χ2v) is 5.58. The maximum absolute atomic E-state index is 11.9. The average Bonchev–Trinajstić information content (AvgIpc) is 2.84. The molecule has 2 amide bonds. The second kappa shape index (κ2) is 6.09. The van der Waals surface area contributed by atoms with Crippen LogP contribution < -0.4 is 10.6 Å². The lowest BCUT2D eigenvalue weighted by molar-refractivity contribution is 0.198. The Bertz CT molecular complexity index is 308. The maximum Gasteiger partial charge on any atom is 0.323 e. The van der Waals surface area contributed by atoms with Gasteiger partial charge in [0.05, 0.1) is 6.67 Å². The lowest BCUT2D eigenvalue weighted by Crippen LogP contribution is -2.44. The molecule has 0 atom stereocenters. The van der Waals surface area contributed by atoms with Gasteiger partial charge in [0, 0.05) is 25.0 Å². The van der Waals surface area contributed by atoms with Gasteiger partial charge in [-0.1, -0.05) is 0 Å². The van der Waals surface area contributed by atoms with Gasteiger partial charge in [-0.05, 0) is 45.7 Å². The van der Waals surface area contributed by atoms with Gasteiger partial charge in [0.25, 0.3) is 0 Å². The Hall–Kier alpha value is -1.23. The summed E-state index contributed by atoms with van der Waals surface area (Å²) in [5, 5.41) is 6.11. The van der Waals surface area contributed by atoms with Crippen LogP contribution in [0.25, 0.3) is 0 Å². The molecule has 1 heterocycles. The predicted octanol–water partition coefficient (Wildman–Crippen LogP) is 1.15. The summed E-state index contributed by atoms with van der Waals surface area (Å²) in [4.78, 5) is 15.8. The number of nitrogens with zero attached hydrogens (tertiary/aromatic N) is 2. The van der Waals surface area contributed by atoms with Crippen LogP contribution >= 0.6 is 0 Å². The number of carbonyl (C=O) groups excluding carboxylic acids is 1. The highest BCUT2D eigenvalue weighted by Gasteiger charge is 2.24. The molecule has 0 aromatic heterocycles. The summed E-state index contributed by atoms with van der Waals surface area (Å²) in [6.07, 6.45) is 8.24. The van der Waals surface area contributed by atoms with Crippen molar-refractivity contribution >= 4 is 6.03 Å². The fraction of sp³-hybridized carbons (Fsp3) is 0.769. The van der Waals surface area contributed by atoms with Gasteiger partial charge in [0.15, 0.2) is 0 Å². The van der Waals surface area contributed by atoms with Gasteiger partial charge in [-0.25, -0.2) is 4.79 Å². The molecule has 5 heteroatoms. The van der Waals surface area contributed by atoms with Crippen LogP contribution in [0.5, 0.6) is 0 Å². The standard InChI is InChI=1S/C13H24N4O/c1-16(2)9-11-3-5-12(6-4-11)15-13(18)17-8-7-14-10-17/h7-8,11-12,14H,3-6,9-10H2,1-2H3,(H,15,18). The first-order valence-electron chi connectivity index (χ1n) is 6.77. The summed E-state index contributed by atoms with van der Waals surface area (Å²) in [7, 11) is 4.25. The molecule has 5 nitrogen and oxygen atoms in total. The van der Waals surface area contributed by atoms with E-state index in [0.717, 1.165) is 18.8 Å². The highest BCUT2D eigenvalue weighted by atomic mass is 16.2. The molecular formula is C13H24N4O. The minimum Gasteiger partial charge on any atom is -0.372 e. The van der Waals surface area contributed by atoms with E-state index in [4.69, 9.17) is 0 Å². The molecule has 102 valence electrons. The smallest absolute Gasteiger partial charge is 0.323 e. The van der Waals surface area contributed by atoms with Gasteiger partial charge < -0.3 is 15.5 Å². The van der Waals surface area contributed by atoms with E-state index in [0.29, 0.717) is 12.7 Å². The lowest BCUT2D eigenvalue weighted by atomic mass is 9.86. The topological polar surface area (TPSA) is 47.6 Å². The number of urea groups is 1. The molecule has 0 radical (unpaired) electrons. The molecule has 2 N–H and O–H groups in total. The zero-order chi connectivity index (χ0) is 13.0. The van der Waals surface area contributed by atoms with E-state index < -0.39 is 0 Å². The van der Waals surface area contributed by atoms with Gasteiger partial charge in [0.1, 0.15) is 0 Å². The van der Waals surface area contributed by atoms with Gasteiger partial charge in [-0.15, -0.1) is 0 Å². The number of hydrogen-bond donors (Lipinski definition) is 2. The maximum atomic E-state index is 11.9. The molecule has 0 aromatic carbocycles. The highest BCUT2D eigenvalue weighted by molar-refractivity contribution is 5.75. The summed E-state index contributed by atoms with van der Waals surface area (Å²) in [5.41, 5.74) is 0. The van der Waals surface area contributed by atoms with Crippen molar-refractivity contribution in [2.45, 2.75) is 31.7 Å². The predicted molar refractivity (Wildman–Crippen MR) is 71.8 cm³/mol. The van der Waals surface area contributed by atoms with Crippen LogP contribution in [0, 0.1) is 5.92 Å². The van der Waals surface area contributed by atoms with Crippen molar-refractivity contribution in [3.63, 3.8) is 0 Å². The van der Waals surface area contributed by atoms with Crippen LogP contribution in [0.3, 0.4) is 0 Å². The van der Waals surface area contributed by atoms with E-state index in [1.54, 1.807) is 17.3 Å². The molecule has 1 fully saturated rings. The molecule has 1 aliphatic carbocycles. The minimum atomic E-state index is 0.0207. The first kappa shape index (κ1) is 13.2. The van der Waals surface area contributed by atoms with Crippen molar-refractivity contribution in [3.8, 4) is 0 Å². The van der Waals surface area contributed by atoms with Crippen LogP contribution in [-0.2, 0) is 0 Å². The molecular weight excluding hydrogens is 228 g/mol. The number of amides is 2. The Morgan fingerprint density at radius 1 is 1.39 bits per heavy atom. The Morgan fingerprint density at radius 2 is 2.11 bits per heavy atom. The number of hydrogen-bond acceptors (Lipinski definition) is 3. The molecule has 1 aliphatic heterocycles. The lowest BCUT2D eigenvalue weighted by Gasteiger charge is -2.31. The van der Waals surface area contributed by atoms with Gasteiger partial charge in [-0.2, -0.15) is 0 Å². The zero-order valence-electron chi connectivity index (χ0n) is 11.4. The fourth-order valence-electron chi connectivity index (χ4n) is 2.75. The summed E-state index contributed by atoms with van der Waals surface area (Å²) in [5.74, 6) is 0.793. The average molecular weight is 252 g/mol. The first-order chi connectivity index (χ1) is 8.65. The van der Waals surface area contributed by atoms with Gasteiger partial charge >= 0.3 is 6.03 Å². The molecule has 0 spiro atoms. The van der Waals surface area contributed by atoms with Crippen molar-refractivity contribution in [1.29, 1.82) is 0 Å². The summed E-state index contributed by atoms with van der Waals surface area (Å²) in [6.45, 7) is 1.75. The highest BCUT2D eigenvalue weighted by Crippen LogP contribution is 2.24. The van der Waals surface area contributed by atoms with E-state index in [-0.39, 0.29) is 6.03 Å². The second-order valence-electron chi connectivity index (χ2n) is 5.58. The zero-order valence-corrected chi connectivity index (χ0v) is 11.4. The number of carbonyl (C=O) groups is 1. The fourth-order valence-corrected chi connectivity index (χ4v) is 2.75. The Morgan fingerprint density at radius 3 is 2.67 bits per heavy atom. The SMILES string of the molecule is CN(C)CC1CCC(NC(=O)N2C=CNC2)CC1. The number of nitrogens with one attached hydrogen (secondary N) is 2. The largest absolute Gasteiger partial charge is 0.372 e. The summed E-state index contributed by atoms with van der Waals surface area (Å²) < 4.78 is 0. The van der Waals surface area contributed by atoms with Crippen LogP contribution in [0.4, 0.5) is 4.79 Å².